The van der Waals surface area contributed by atoms with E-state index in [0.717, 1.165) is 44.4 Å². The minimum atomic E-state index is -0.549. The lowest BCUT2D eigenvalue weighted by Gasteiger charge is -2.52. The quantitative estimate of drug-likeness (QED) is 0.456. The van der Waals surface area contributed by atoms with Gasteiger partial charge in [-0.3, -0.25) is 9.69 Å². The molecule has 188 valence electrons. The van der Waals surface area contributed by atoms with Crippen molar-refractivity contribution in [3.05, 3.63) is 23.3 Å². The third kappa shape index (κ3) is 5.26. The molecule has 0 saturated heterocycles. The molecule has 0 aromatic heterocycles. The number of amides is 1. The Balaban J connectivity index is 1.56. The van der Waals surface area contributed by atoms with Crippen LogP contribution in [0.2, 0.25) is 0 Å². The molecule has 1 spiro atoms. The Bertz CT molecular complexity index is 856. The highest BCUT2D eigenvalue weighted by atomic mass is 16.5. The predicted octanol–water partition coefficient (Wildman–Crippen LogP) is 1.22. The summed E-state index contributed by atoms with van der Waals surface area (Å²) in [6.45, 7) is 2.62. The largest absolute Gasteiger partial charge is 0.385 e. The molecule has 3 unspecified atom stereocenters. The maximum absolute atomic E-state index is 13.5. The van der Waals surface area contributed by atoms with Crippen LogP contribution in [0.4, 0.5) is 0 Å². The van der Waals surface area contributed by atoms with Crippen LogP contribution in [-0.2, 0) is 19.0 Å². The molecule has 2 heterocycles. The first-order chi connectivity index (χ1) is 16.6. The molecule has 2 aliphatic heterocycles. The SMILES string of the molecule is COCCCOC1C=C/C2=N/N=C/NNCC3(C4=C(CCC4)CCN3C)N(C)C(=O)COC1C2. The lowest BCUT2D eigenvalue weighted by atomic mass is 9.87. The molecule has 10 heteroatoms. The van der Waals surface area contributed by atoms with Gasteiger partial charge in [0.1, 0.15) is 24.7 Å². The second kappa shape index (κ2) is 11.5. The van der Waals surface area contributed by atoms with Crippen LogP contribution in [0, 0.1) is 0 Å². The van der Waals surface area contributed by atoms with Gasteiger partial charge >= 0.3 is 0 Å². The van der Waals surface area contributed by atoms with E-state index in [1.807, 2.05) is 24.1 Å². The van der Waals surface area contributed by atoms with Crippen LogP contribution >= 0.6 is 0 Å². The maximum Gasteiger partial charge on any atom is 0.250 e. The number of fused-ring (bicyclic) bond motifs is 3. The van der Waals surface area contributed by atoms with Gasteiger partial charge in [-0.25, -0.2) is 5.43 Å². The molecule has 4 rings (SSSR count). The van der Waals surface area contributed by atoms with E-state index in [2.05, 4.69) is 33.0 Å². The molecular weight excluding hydrogens is 436 g/mol. The van der Waals surface area contributed by atoms with Crippen LogP contribution < -0.4 is 10.9 Å². The average Bonchev–Trinajstić information content (AvgIpc) is 3.33. The summed E-state index contributed by atoms with van der Waals surface area (Å²) < 4.78 is 17.3. The Hall–Kier alpha value is -2.11. The van der Waals surface area contributed by atoms with E-state index in [1.165, 1.54) is 17.5 Å². The number of hydrazine groups is 1. The van der Waals surface area contributed by atoms with Gasteiger partial charge < -0.3 is 24.5 Å². The van der Waals surface area contributed by atoms with Crippen LogP contribution in [0.15, 0.2) is 33.5 Å². The van der Waals surface area contributed by atoms with Gasteiger partial charge in [-0.15, -0.1) is 5.10 Å². The Morgan fingerprint density at radius 2 is 2.15 bits per heavy atom. The fraction of sp³-hybridized carbons (Fsp3) is 0.708. The summed E-state index contributed by atoms with van der Waals surface area (Å²) >= 11 is 0. The number of carbonyl (C=O) groups excluding carboxylic acids is 1. The molecule has 0 aromatic rings. The molecule has 0 aromatic carbocycles. The van der Waals surface area contributed by atoms with Crippen molar-refractivity contribution in [2.45, 2.75) is 56.4 Å². The molecule has 10 nitrogen and oxygen atoms in total. The molecular formula is C24H38N6O4. The molecule has 1 amide bonds. The first kappa shape index (κ1) is 25.0. The Morgan fingerprint density at radius 3 is 3.00 bits per heavy atom. The summed E-state index contributed by atoms with van der Waals surface area (Å²) in [5.74, 6) is -0.0498. The van der Waals surface area contributed by atoms with E-state index < -0.39 is 5.66 Å². The van der Waals surface area contributed by atoms with Crippen LogP contribution in [0.3, 0.4) is 0 Å². The fourth-order valence-electron chi connectivity index (χ4n) is 5.47. The van der Waals surface area contributed by atoms with E-state index in [0.29, 0.717) is 26.2 Å². The first-order valence-corrected chi connectivity index (χ1v) is 12.2. The number of nitrogens with one attached hydrogen (secondary N) is 2. The standard InChI is InChI=1S/C24H38N6O4/c1-29-11-10-18-6-4-7-20(18)24(29)16-25-26-17-27-28-19-8-9-21(33-13-5-12-32-3)22(14-19)34-15-23(31)30(24)2/h8-9,17,21-22,25H,4-7,10-16H2,1-3H3,(H,26,27)/b28-19-. The first-order valence-electron chi connectivity index (χ1n) is 12.2. The van der Waals surface area contributed by atoms with Crippen molar-refractivity contribution in [1.29, 1.82) is 0 Å². The summed E-state index contributed by atoms with van der Waals surface area (Å²) in [5, 5.41) is 8.47. The zero-order valence-corrected chi connectivity index (χ0v) is 20.6. The maximum atomic E-state index is 13.5. The molecule has 3 atom stereocenters. The van der Waals surface area contributed by atoms with Crippen molar-refractivity contribution in [2.75, 3.05) is 54.1 Å². The molecule has 34 heavy (non-hydrogen) atoms. The Labute approximate surface area is 202 Å². The van der Waals surface area contributed by atoms with Gasteiger partial charge in [0.15, 0.2) is 0 Å². The Kier molecular flexibility index (Phi) is 8.49. The highest BCUT2D eigenvalue weighted by molar-refractivity contribution is 5.96. The van der Waals surface area contributed by atoms with Crippen LogP contribution in [-0.4, -0.2) is 99.7 Å². The zero-order chi connectivity index (χ0) is 24.0. The minimum Gasteiger partial charge on any atom is -0.385 e. The van der Waals surface area contributed by atoms with Gasteiger partial charge in [0.25, 0.3) is 0 Å². The number of ether oxygens (including phenoxy) is 3. The molecule has 0 fully saturated rings. The van der Waals surface area contributed by atoms with E-state index in [4.69, 9.17) is 14.2 Å². The van der Waals surface area contributed by atoms with Crippen LogP contribution in [0.25, 0.3) is 0 Å². The molecule has 4 aliphatic rings. The van der Waals surface area contributed by atoms with Gasteiger partial charge in [-0.05, 0) is 50.8 Å². The molecule has 0 radical (unpaired) electrons. The monoisotopic (exact) mass is 474 g/mol. The number of nitrogens with zero attached hydrogens (tertiary/aromatic N) is 4. The van der Waals surface area contributed by atoms with Gasteiger partial charge in [0.05, 0.1) is 18.4 Å². The van der Waals surface area contributed by atoms with Crippen LogP contribution in [0.1, 0.15) is 38.5 Å². The second-order valence-corrected chi connectivity index (χ2v) is 9.30. The fourth-order valence-corrected chi connectivity index (χ4v) is 5.47. The smallest absolute Gasteiger partial charge is 0.250 e. The number of likely N-dealkylation sites (N-methyl/N-ethyl adjacent to an activating group) is 2. The number of allylic oxidation sites excluding steroid dienone is 1. The minimum absolute atomic E-state index is 0.0187. The lowest BCUT2D eigenvalue weighted by Crippen LogP contribution is -2.68. The highest BCUT2D eigenvalue weighted by Crippen LogP contribution is 2.43. The van der Waals surface area contributed by atoms with E-state index in [9.17, 15) is 4.79 Å². The molecule has 2 bridgehead atoms. The topological polar surface area (TPSA) is 100 Å². The number of methoxy groups -OCH3 is 1. The van der Waals surface area contributed by atoms with Crippen LogP contribution in [0.5, 0.6) is 0 Å². The summed E-state index contributed by atoms with van der Waals surface area (Å²) in [6.07, 6.45) is 10.5. The summed E-state index contributed by atoms with van der Waals surface area (Å²) in [4.78, 5) is 17.7. The summed E-state index contributed by atoms with van der Waals surface area (Å²) in [5.41, 5.74) is 9.38. The van der Waals surface area contributed by atoms with Crippen molar-refractivity contribution in [1.82, 2.24) is 20.7 Å². The molecule has 2 N–H and O–H groups in total. The van der Waals surface area contributed by atoms with Gasteiger partial charge in [0, 0.05) is 40.3 Å². The number of carbonyl (C=O) groups is 1. The zero-order valence-electron chi connectivity index (χ0n) is 20.6. The number of hydrogen-bond donors (Lipinski definition) is 2. The molecule has 0 saturated carbocycles. The van der Waals surface area contributed by atoms with Crippen molar-refractivity contribution in [2.24, 2.45) is 10.2 Å². The second-order valence-electron chi connectivity index (χ2n) is 9.30. The lowest BCUT2D eigenvalue weighted by molar-refractivity contribution is -0.151. The van der Waals surface area contributed by atoms with Gasteiger partial charge in [-0.1, -0.05) is 11.6 Å². The van der Waals surface area contributed by atoms with Crippen molar-refractivity contribution in [3.8, 4) is 0 Å². The number of rotatable bonds is 5. The third-order valence-corrected chi connectivity index (χ3v) is 7.35. The van der Waals surface area contributed by atoms with E-state index >= 15 is 0 Å². The third-order valence-electron chi connectivity index (χ3n) is 7.35. The highest BCUT2D eigenvalue weighted by Gasteiger charge is 2.48. The van der Waals surface area contributed by atoms with Crippen molar-refractivity contribution in [3.63, 3.8) is 0 Å². The number of hydrogen-bond acceptors (Lipinski definition) is 9. The Morgan fingerprint density at radius 1 is 1.26 bits per heavy atom. The van der Waals surface area contributed by atoms with E-state index in [-0.39, 0.29) is 24.7 Å². The molecule has 2 aliphatic carbocycles. The average molecular weight is 475 g/mol. The van der Waals surface area contributed by atoms with Gasteiger partial charge in [0.2, 0.25) is 5.91 Å². The van der Waals surface area contributed by atoms with Gasteiger partial charge in [-0.2, -0.15) is 5.10 Å². The van der Waals surface area contributed by atoms with Crippen molar-refractivity contribution >= 4 is 18.0 Å². The van der Waals surface area contributed by atoms with E-state index in [1.54, 1.807) is 7.11 Å². The van der Waals surface area contributed by atoms with Crippen molar-refractivity contribution < 1.29 is 19.0 Å². The summed E-state index contributed by atoms with van der Waals surface area (Å²) in [6, 6.07) is 0. The normalized spacial score (nSPS) is 33.3. The summed E-state index contributed by atoms with van der Waals surface area (Å²) in [7, 11) is 5.67. The predicted molar refractivity (Wildman–Crippen MR) is 130 cm³/mol.